The van der Waals surface area contributed by atoms with Crippen molar-refractivity contribution in [2.45, 2.75) is 63.9 Å². The summed E-state index contributed by atoms with van der Waals surface area (Å²) in [4.78, 5) is -0.267. The van der Waals surface area contributed by atoms with E-state index in [1.54, 1.807) is 0 Å². The van der Waals surface area contributed by atoms with Gasteiger partial charge in [0.25, 0.3) is 10.1 Å². The summed E-state index contributed by atoms with van der Waals surface area (Å²) in [6.45, 7) is 14.1. The van der Waals surface area contributed by atoms with Gasteiger partial charge in [-0.15, -0.1) is 0 Å². The van der Waals surface area contributed by atoms with Gasteiger partial charge >= 0.3 is 0 Å². The highest BCUT2D eigenvalue weighted by molar-refractivity contribution is 7.90. The molecule has 0 heterocycles. The zero-order chi connectivity index (χ0) is 13.2. The van der Waals surface area contributed by atoms with Crippen LogP contribution >= 0.6 is 0 Å². The lowest BCUT2D eigenvalue weighted by molar-refractivity contribution is 0.477. The minimum atomic E-state index is -3.38. The minimum absolute atomic E-state index is 0.267. The first-order valence-electron chi connectivity index (χ1n) is 5.84. The van der Waals surface area contributed by atoms with Gasteiger partial charge in [0.05, 0.1) is 12.9 Å². The average molecular weight is 283 g/mol. The molecule has 0 rings (SSSR count). The van der Waals surface area contributed by atoms with Crippen LogP contribution in [-0.2, 0) is 14.0 Å². The van der Waals surface area contributed by atoms with Crippen molar-refractivity contribution in [2.75, 3.05) is 0 Å². The molecule has 0 amide bonds. The molecule has 0 N–H and O–H groups in total. The third kappa shape index (κ3) is 5.61. The van der Waals surface area contributed by atoms with Crippen LogP contribution in [0, 0.1) is 0 Å². The van der Waals surface area contributed by atoms with E-state index >= 15 is 0 Å². The Morgan fingerprint density at radius 2 is 1.50 bits per heavy atom. The Hall–Kier alpha value is 0.344. The Labute approximate surface area is 103 Å². The largest absolute Gasteiger partial charge is 0.316 e. The van der Waals surface area contributed by atoms with Crippen molar-refractivity contribution < 1.29 is 12.3 Å². The second-order valence-corrected chi connectivity index (χ2v) is 18.6. The summed E-state index contributed by atoms with van der Waals surface area (Å²) >= 11 is 0. The zero-order valence-electron chi connectivity index (χ0n) is 11.6. The molecule has 0 spiro atoms. The van der Waals surface area contributed by atoms with Gasteiger partial charge in [0.15, 0.2) is 0 Å². The number of rotatable bonds is 6. The van der Waals surface area contributed by atoms with E-state index in [-0.39, 0.29) is 4.87 Å². The van der Waals surface area contributed by atoms with Crippen molar-refractivity contribution in [2.24, 2.45) is 0 Å². The molecule has 0 fully saturated rings. The monoisotopic (exact) mass is 282 g/mol. The molecule has 0 radical (unpaired) electrons. The van der Waals surface area contributed by atoms with Crippen LogP contribution in [0.15, 0.2) is 0 Å². The average Bonchev–Trinajstić information content (AvgIpc) is 1.92. The molecule has 0 aromatic heterocycles. The van der Waals surface area contributed by atoms with E-state index in [9.17, 15) is 8.42 Å². The fourth-order valence-electron chi connectivity index (χ4n) is 1.68. The first kappa shape index (κ1) is 16.3. The summed E-state index contributed by atoms with van der Waals surface area (Å²) in [5.74, 6) is 0. The van der Waals surface area contributed by atoms with E-state index < -0.39 is 26.5 Å². The minimum Gasteiger partial charge on any atom is -0.316 e. The summed E-state index contributed by atoms with van der Waals surface area (Å²) in [5, 5.41) is 0. The van der Waals surface area contributed by atoms with Crippen LogP contribution in [0.4, 0.5) is 0 Å². The lowest BCUT2D eigenvalue weighted by Gasteiger charge is -2.30. The Balaban J connectivity index is 5.07. The van der Waals surface area contributed by atoms with Crippen molar-refractivity contribution in [3.63, 3.8) is 0 Å². The predicted molar refractivity (Wildman–Crippen MR) is 75.4 cm³/mol. The molecule has 0 bridgehead atoms. The van der Waals surface area contributed by atoms with Crippen LogP contribution < -0.4 is 0 Å². The standard InChI is InChI=1S/C10H26O3SSi2/c1-8-9-10(15(2,3)4)14(11,12)13-16(5,6)7/h10H,8-9H2,1-7H3. The van der Waals surface area contributed by atoms with Crippen molar-refractivity contribution >= 4 is 26.5 Å². The van der Waals surface area contributed by atoms with Gasteiger partial charge in [-0.25, -0.2) is 8.42 Å². The molecule has 0 aromatic carbocycles. The van der Waals surface area contributed by atoms with E-state index in [1.165, 1.54) is 0 Å². The zero-order valence-corrected chi connectivity index (χ0v) is 14.4. The van der Waals surface area contributed by atoms with Crippen LogP contribution in [-0.4, -0.2) is 29.7 Å². The summed E-state index contributed by atoms with van der Waals surface area (Å²) in [6, 6.07) is 0. The molecule has 16 heavy (non-hydrogen) atoms. The highest BCUT2D eigenvalue weighted by atomic mass is 32.2. The topological polar surface area (TPSA) is 43.4 Å². The smallest absolute Gasteiger partial charge is 0.258 e. The van der Waals surface area contributed by atoms with Gasteiger partial charge in [0, 0.05) is 0 Å². The molecule has 6 heteroatoms. The molecule has 0 saturated carbocycles. The third-order valence-corrected chi connectivity index (χ3v) is 11.3. The van der Waals surface area contributed by atoms with E-state index in [1.807, 2.05) is 26.6 Å². The number of hydrogen-bond acceptors (Lipinski definition) is 3. The number of hydrogen-bond donors (Lipinski definition) is 0. The van der Waals surface area contributed by atoms with E-state index in [0.29, 0.717) is 0 Å². The van der Waals surface area contributed by atoms with E-state index in [4.69, 9.17) is 3.87 Å². The molecule has 1 atom stereocenters. The Morgan fingerprint density at radius 3 is 1.75 bits per heavy atom. The van der Waals surface area contributed by atoms with Gasteiger partial charge in [-0.1, -0.05) is 33.0 Å². The maximum Gasteiger partial charge on any atom is 0.258 e. The second kappa shape index (κ2) is 5.33. The van der Waals surface area contributed by atoms with Crippen molar-refractivity contribution in [1.82, 2.24) is 0 Å². The Bertz CT molecular complexity index is 312. The van der Waals surface area contributed by atoms with Crippen LogP contribution in [0.1, 0.15) is 19.8 Å². The maximum absolute atomic E-state index is 12.2. The maximum atomic E-state index is 12.2. The highest BCUT2D eigenvalue weighted by Crippen LogP contribution is 2.24. The van der Waals surface area contributed by atoms with Crippen LogP contribution in [0.25, 0.3) is 0 Å². The fourth-order valence-corrected chi connectivity index (χ4v) is 10.5. The normalized spacial score (nSPS) is 16.2. The predicted octanol–water partition coefficient (Wildman–Crippen LogP) is 3.21. The van der Waals surface area contributed by atoms with Crippen LogP contribution in [0.5, 0.6) is 0 Å². The first-order valence-corrected chi connectivity index (χ1v) is 14.3. The van der Waals surface area contributed by atoms with Gasteiger partial charge in [-0.2, -0.15) is 0 Å². The van der Waals surface area contributed by atoms with Gasteiger partial charge in [0.2, 0.25) is 8.32 Å². The third-order valence-electron chi connectivity index (χ3n) is 2.23. The lowest BCUT2D eigenvalue weighted by atomic mass is 10.4. The molecule has 0 aliphatic carbocycles. The molecular formula is C10H26O3SSi2. The van der Waals surface area contributed by atoms with Gasteiger partial charge in [0.1, 0.15) is 0 Å². The van der Waals surface area contributed by atoms with Crippen molar-refractivity contribution in [3.8, 4) is 0 Å². The Kier molecular flexibility index (Phi) is 5.44. The Morgan fingerprint density at radius 1 is 1.06 bits per heavy atom. The SMILES string of the molecule is CCCC([Si](C)(C)C)S(=O)(=O)O[Si](C)(C)C. The van der Waals surface area contributed by atoms with Crippen LogP contribution in [0.2, 0.25) is 39.3 Å². The van der Waals surface area contributed by atoms with E-state index in [0.717, 1.165) is 12.8 Å². The second-order valence-electron chi connectivity index (χ2n) is 6.33. The quantitative estimate of drug-likeness (QED) is 0.703. The molecule has 1 unspecified atom stereocenters. The van der Waals surface area contributed by atoms with Crippen LogP contribution in [0.3, 0.4) is 0 Å². The summed E-state index contributed by atoms with van der Waals surface area (Å²) in [7, 11) is -7.14. The molecular weight excluding hydrogens is 256 g/mol. The molecule has 0 saturated heterocycles. The first-order chi connectivity index (χ1) is 6.90. The summed E-state index contributed by atoms with van der Waals surface area (Å²) in [6.07, 6.45) is 1.62. The molecule has 0 aromatic rings. The van der Waals surface area contributed by atoms with Gasteiger partial charge < -0.3 is 3.87 Å². The summed E-state index contributed by atoms with van der Waals surface area (Å²) < 4.78 is 29.9. The molecule has 98 valence electrons. The molecule has 3 nitrogen and oxygen atoms in total. The van der Waals surface area contributed by atoms with Crippen molar-refractivity contribution in [3.05, 3.63) is 0 Å². The van der Waals surface area contributed by atoms with E-state index in [2.05, 4.69) is 19.6 Å². The lowest BCUT2D eigenvalue weighted by Crippen LogP contribution is -2.47. The molecule has 0 aliphatic rings. The van der Waals surface area contributed by atoms with Crippen molar-refractivity contribution in [1.29, 1.82) is 0 Å². The highest BCUT2D eigenvalue weighted by Gasteiger charge is 2.40. The van der Waals surface area contributed by atoms with Gasteiger partial charge in [-0.3, -0.25) is 0 Å². The fraction of sp³-hybridized carbons (Fsp3) is 1.00. The van der Waals surface area contributed by atoms with Gasteiger partial charge in [-0.05, 0) is 26.1 Å². The summed E-state index contributed by atoms with van der Waals surface area (Å²) in [5.41, 5.74) is 0. The molecule has 0 aliphatic heterocycles.